The van der Waals surface area contributed by atoms with Gasteiger partial charge in [-0.1, -0.05) is 43.7 Å². The molecule has 0 heterocycles. The second-order valence-electron chi connectivity index (χ2n) is 5.67. The fourth-order valence-electron chi connectivity index (χ4n) is 2.14. The van der Waals surface area contributed by atoms with Gasteiger partial charge in [0.25, 0.3) is 0 Å². The maximum absolute atomic E-state index is 11.6. The van der Waals surface area contributed by atoms with Gasteiger partial charge >= 0.3 is 12.1 Å². The van der Waals surface area contributed by atoms with E-state index in [1.54, 1.807) is 0 Å². The second kappa shape index (κ2) is 12.4. The first-order chi connectivity index (χ1) is 11.6. The number of nitrogens with one attached hydrogen (secondary N) is 1. The Kier molecular flexibility index (Phi) is 10.3. The third-order valence-corrected chi connectivity index (χ3v) is 3.49. The summed E-state index contributed by atoms with van der Waals surface area (Å²) in [7, 11) is 0. The minimum Gasteiger partial charge on any atom is -0.481 e. The number of alkyl carbamates (subject to hydrolysis) is 1. The number of carboxylic acid groups (broad SMARTS) is 1. The maximum Gasteiger partial charge on any atom is 0.407 e. The average molecular weight is 337 g/mol. The van der Waals surface area contributed by atoms with E-state index in [9.17, 15) is 9.59 Å². The van der Waals surface area contributed by atoms with Crippen molar-refractivity contribution in [2.24, 2.45) is 5.92 Å². The summed E-state index contributed by atoms with van der Waals surface area (Å²) in [4.78, 5) is 22.5. The van der Waals surface area contributed by atoms with Crippen molar-refractivity contribution in [1.82, 2.24) is 5.32 Å². The highest BCUT2D eigenvalue weighted by Gasteiger charge is 2.14. The molecule has 1 atom stereocenters. The van der Waals surface area contributed by atoms with Crippen LogP contribution in [-0.2, 0) is 20.9 Å². The van der Waals surface area contributed by atoms with E-state index in [1.165, 1.54) is 0 Å². The SMILES string of the molecule is CCCCOCC(CCNC(=O)OCc1ccccc1)CC(=O)O. The van der Waals surface area contributed by atoms with E-state index in [4.69, 9.17) is 14.6 Å². The Labute approximate surface area is 143 Å². The summed E-state index contributed by atoms with van der Waals surface area (Å²) in [6.07, 6.45) is 2.08. The molecule has 0 aliphatic carbocycles. The Morgan fingerprint density at radius 2 is 2.00 bits per heavy atom. The Morgan fingerprint density at radius 3 is 2.67 bits per heavy atom. The molecule has 0 fully saturated rings. The van der Waals surface area contributed by atoms with Crippen LogP contribution in [0.25, 0.3) is 0 Å². The van der Waals surface area contributed by atoms with Crippen molar-refractivity contribution < 1.29 is 24.2 Å². The monoisotopic (exact) mass is 337 g/mol. The molecule has 0 aliphatic rings. The Hall–Kier alpha value is -2.08. The van der Waals surface area contributed by atoms with E-state index in [-0.39, 0.29) is 18.9 Å². The molecule has 1 unspecified atom stereocenters. The normalized spacial score (nSPS) is 11.7. The molecule has 0 aromatic heterocycles. The van der Waals surface area contributed by atoms with Crippen LogP contribution in [0.15, 0.2) is 30.3 Å². The van der Waals surface area contributed by atoms with E-state index < -0.39 is 12.1 Å². The van der Waals surface area contributed by atoms with Crippen LogP contribution in [0.1, 0.15) is 38.2 Å². The zero-order valence-corrected chi connectivity index (χ0v) is 14.2. The lowest BCUT2D eigenvalue weighted by Gasteiger charge is -2.15. The third kappa shape index (κ3) is 9.84. The van der Waals surface area contributed by atoms with Gasteiger partial charge in [0.1, 0.15) is 6.61 Å². The van der Waals surface area contributed by atoms with E-state index in [0.29, 0.717) is 26.2 Å². The summed E-state index contributed by atoms with van der Waals surface area (Å²) in [6, 6.07) is 9.42. The van der Waals surface area contributed by atoms with Gasteiger partial charge in [-0.3, -0.25) is 4.79 Å². The fraction of sp³-hybridized carbons (Fsp3) is 0.556. The molecule has 0 bridgehead atoms. The summed E-state index contributed by atoms with van der Waals surface area (Å²) >= 11 is 0. The number of ether oxygens (including phenoxy) is 2. The minimum absolute atomic E-state index is 0.0346. The molecule has 2 N–H and O–H groups in total. The number of aliphatic carboxylic acids is 1. The second-order valence-corrected chi connectivity index (χ2v) is 5.67. The van der Waals surface area contributed by atoms with Crippen LogP contribution in [-0.4, -0.2) is 36.9 Å². The summed E-state index contributed by atoms with van der Waals surface area (Å²) in [6.45, 7) is 3.68. The standard InChI is InChI=1S/C18H27NO5/c1-2-3-11-23-13-16(12-17(20)21)9-10-19-18(22)24-14-15-7-5-4-6-8-15/h4-8,16H,2-3,9-14H2,1H3,(H,19,22)(H,20,21). The molecule has 1 aromatic carbocycles. The number of rotatable bonds is 12. The summed E-state index contributed by atoms with van der Waals surface area (Å²) in [5.74, 6) is -0.973. The maximum atomic E-state index is 11.6. The van der Waals surface area contributed by atoms with Gasteiger partial charge in [0.15, 0.2) is 0 Å². The first kappa shape index (κ1) is 20.0. The van der Waals surface area contributed by atoms with Gasteiger partial charge in [-0.25, -0.2) is 4.79 Å². The number of carbonyl (C=O) groups excluding carboxylic acids is 1. The smallest absolute Gasteiger partial charge is 0.407 e. The lowest BCUT2D eigenvalue weighted by Crippen LogP contribution is -2.28. The van der Waals surface area contributed by atoms with Gasteiger partial charge in [-0.05, 0) is 24.3 Å². The molecule has 1 rings (SSSR count). The number of carbonyl (C=O) groups is 2. The fourth-order valence-corrected chi connectivity index (χ4v) is 2.14. The van der Waals surface area contributed by atoms with Gasteiger partial charge in [0.2, 0.25) is 0 Å². The number of hydrogen-bond donors (Lipinski definition) is 2. The molecular formula is C18H27NO5. The largest absolute Gasteiger partial charge is 0.481 e. The van der Waals surface area contributed by atoms with Crippen molar-refractivity contribution in [3.05, 3.63) is 35.9 Å². The molecular weight excluding hydrogens is 310 g/mol. The van der Waals surface area contributed by atoms with Crippen LogP contribution in [0, 0.1) is 5.92 Å². The van der Waals surface area contributed by atoms with Crippen LogP contribution in [0.2, 0.25) is 0 Å². The lowest BCUT2D eigenvalue weighted by atomic mass is 10.0. The van der Waals surface area contributed by atoms with Crippen molar-refractivity contribution >= 4 is 12.1 Å². The molecule has 0 radical (unpaired) electrons. The number of benzene rings is 1. The first-order valence-electron chi connectivity index (χ1n) is 8.36. The van der Waals surface area contributed by atoms with Crippen molar-refractivity contribution in [1.29, 1.82) is 0 Å². The highest BCUT2D eigenvalue weighted by molar-refractivity contribution is 5.67. The first-order valence-corrected chi connectivity index (χ1v) is 8.36. The summed E-state index contributed by atoms with van der Waals surface area (Å²) in [5, 5.41) is 11.6. The zero-order valence-electron chi connectivity index (χ0n) is 14.2. The topological polar surface area (TPSA) is 84.9 Å². The van der Waals surface area contributed by atoms with Crippen LogP contribution in [0.4, 0.5) is 4.79 Å². The molecule has 0 spiro atoms. The molecule has 1 amide bonds. The third-order valence-electron chi connectivity index (χ3n) is 3.49. The van der Waals surface area contributed by atoms with Gasteiger partial charge < -0.3 is 19.9 Å². The summed E-state index contributed by atoms with van der Waals surface area (Å²) < 4.78 is 10.6. The Balaban J connectivity index is 2.22. The van der Waals surface area contributed by atoms with Gasteiger partial charge in [0, 0.05) is 13.2 Å². The van der Waals surface area contributed by atoms with Gasteiger partial charge in [0.05, 0.1) is 13.0 Å². The van der Waals surface area contributed by atoms with Crippen LogP contribution >= 0.6 is 0 Å². The Morgan fingerprint density at radius 1 is 1.25 bits per heavy atom. The highest BCUT2D eigenvalue weighted by atomic mass is 16.5. The zero-order chi connectivity index (χ0) is 17.6. The molecule has 134 valence electrons. The van der Waals surface area contributed by atoms with Crippen molar-refractivity contribution in [2.45, 2.75) is 39.2 Å². The number of unbranched alkanes of at least 4 members (excludes halogenated alkanes) is 1. The molecule has 0 saturated carbocycles. The molecule has 0 saturated heterocycles. The molecule has 24 heavy (non-hydrogen) atoms. The van der Waals surface area contributed by atoms with Gasteiger partial charge in [-0.2, -0.15) is 0 Å². The summed E-state index contributed by atoms with van der Waals surface area (Å²) in [5.41, 5.74) is 0.917. The average Bonchev–Trinajstić information content (AvgIpc) is 2.57. The van der Waals surface area contributed by atoms with E-state index in [0.717, 1.165) is 18.4 Å². The highest BCUT2D eigenvalue weighted by Crippen LogP contribution is 2.09. The number of carboxylic acids is 1. The van der Waals surface area contributed by atoms with Crippen molar-refractivity contribution in [2.75, 3.05) is 19.8 Å². The van der Waals surface area contributed by atoms with E-state index in [1.807, 2.05) is 30.3 Å². The van der Waals surface area contributed by atoms with Gasteiger partial charge in [-0.15, -0.1) is 0 Å². The molecule has 1 aromatic rings. The molecule has 6 heteroatoms. The van der Waals surface area contributed by atoms with Crippen molar-refractivity contribution in [3.63, 3.8) is 0 Å². The molecule has 6 nitrogen and oxygen atoms in total. The van der Waals surface area contributed by atoms with Crippen molar-refractivity contribution in [3.8, 4) is 0 Å². The van der Waals surface area contributed by atoms with Crippen LogP contribution in [0.3, 0.4) is 0 Å². The Bertz CT molecular complexity index is 478. The molecule has 0 aliphatic heterocycles. The number of amides is 1. The van der Waals surface area contributed by atoms with Crippen LogP contribution < -0.4 is 5.32 Å². The van der Waals surface area contributed by atoms with E-state index in [2.05, 4.69) is 12.2 Å². The lowest BCUT2D eigenvalue weighted by molar-refractivity contribution is -0.138. The predicted octanol–water partition coefficient (Wildman–Crippen LogP) is 3.21. The van der Waals surface area contributed by atoms with E-state index >= 15 is 0 Å². The minimum atomic E-state index is -0.856. The predicted molar refractivity (Wildman–Crippen MR) is 90.7 cm³/mol. The van der Waals surface area contributed by atoms with Crippen LogP contribution in [0.5, 0.6) is 0 Å². The quantitative estimate of drug-likeness (QED) is 0.572. The number of hydrogen-bond acceptors (Lipinski definition) is 4.